The number of nitrogens with zero attached hydrogens (tertiary/aromatic N) is 3. The fraction of sp³-hybridized carbons (Fsp3) is 0.333. The van der Waals surface area contributed by atoms with E-state index in [0.717, 1.165) is 0 Å². The van der Waals surface area contributed by atoms with Crippen molar-refractivity contribution in [2.45, 2.75) is 31.5 Å². The maximum atomic E-state index is 13.8. The fourth-order valence-electron chi connectivity index (χ4n) is 1.97. The highest BCUT2D eigenvalue weighted by Crippen LogP contribution is 2.22. The first-order valence-electron chi connectivity index (χ1n) is 6.22. The van der Waals surface area contributed by atoms with Gasteiger partial charge in [0.1, 0.15) is 11.6 Å². The highest BCUT2D eigenvalue weighted by molar-refractivity contribution is 7.89. The Bertz CT molecular complexity index is 740. The second kappa shape index (κ2) is 6.08. The second-order valence-corrected chi connectivity index (χ2v) is 6.33. The van der Waals surface area contributed by atoms with E-state index in [1.54, 1.807) is 6.07 Å². The Kier molecular flexibility index (Phi) is 4.60. The van der Waals surface area contributed by atoms with E-state index in [1.807, 2.05) is 6.92 Å². The van der Waals surface area contributed by atoms with Crippen LogP contribution in [0.5, 0.6) is 0 Å². The number of primary sulfonamides is 1. The summed E-state index contributed by atoms with van der Waals surface area (Å²) in [4.78, 5) is 0. The zero-order valence-corrected chi connectivity index (χ0v) is 12.8. The van der Waals surface area contributed by atoms with Gasteiger partial charge in [-0.3, -0.25) is 0 Å². The van der Waals surface area contributed by atoms with Gasteiger partial charge in [0, 0.05) is 23.6 Å². The summed E-state index contributed by atoms with van der Waals surface area (Å²) in [6, 6.07) is 4.33. The molecule has 21 heavy (non-hydrogen) atoms. The number of halogens is 2. The number of hydrogen-bond donors (Lipinski definition) is 1. The van der Waals surface area contributed by atoms with E-state index in [4.69, 9.17) is 16.7 Å². The molecular weight excluding hydrogens is 319 g/mol. The Morgan fingerprint density at radius 3 is 2.67 bits per heavy atom. The second-order valence-electron chi connectivity index (χ2n) is 4.47. The summed E-state index contributed by atoms with van der Waals surface area (Å²) in [5.41, 5.74) is 0.241. The van der Waals surface area contributed by atoms with Gasteiger partial charge in [-0.1, -0.05) is 24.6 Å². The number of nitrogens with two attached hydrogens (primary N) is 1. The molecule has 0 aliphatic rings. The number of hydrogen-bond acceptors (Lipinski definition) is 4. The van der Waals surface area contributed by atoms with Crippen molar-refractivity contribution in [1.29, 1.82) is 0 Å². The van der Waals surface area contributed by atoms with Crippen LogP contribution < -0.4 is 5.14 Å². The minimum Gasteiger partial charge on any atom is -0.300 e. The van der Waals surface area contributed by atoms with E-state index in [-0.39, 0.29) is 22.2 Å². The SMILES string of the molecule is CCCn1c(Cc2c(F)cccc2Cl)nnc1S(N)(=O)=O. The van der Waals surface area contributed by atoms with Crippen molar-refractivity contribution in [3.8, 4) is 0 Å². The standard InChI is InChI=1S/C12H14ClFN4O2S/c1-2-6-18-11(16-17-12(18)21(15,19)20)7-8-9(13)4-3-5-10(8)14/h3-5H,2,6-7H2,1H3,(H2,15,19,20). The third-order valence-corrected chi connectivity index (χ3v) is 4.06. The molecule has 0 unspecified atom stereocenters. The zero-order valence-electron chi connectivity index (χ0n) is 11.3. The molecular formula is C12H14ClFN4O2S. The van der Waals surface area contributed by atoms with Gasteiger partial charge in [0.25, 0.3) is 15.2 Å². The molecule has 6 nitrogen and oxygen atoms in total. The summed E-state index contributed by atoms with van der Waals surface area (Å²) >= 11 is 5.97. The van der Waals surface area contributed by atoms with Gasteiger partial charge in [0.15, 0.2) is 0 Å². The molecule has 0 fully saturated rings. The van der Waals surface area contributed by atoms with Crippen molar-refractivity contribution in [1.82, 2.24) is 14.8 Å². The first-order chi connectivity index (χ1) is 9.84. The highest BCUT2D eigenvalue weighted by Gasteiger charge is 2.22. The lowest BCUT2D eigenvalue weighted by molar-refractivity contribution is 0.548. The van der Waals surface area contributed by atoms with Crippen molar-refractivity contribution < 1.29 is 12.8 Å². The lowest BCUT2D eigenvalue weighted by Crippen LogP contribution is -2.19. The van der Waals surface area contributed by atoms with Crippen LogP contribution in [0.4, 0.5) is 4.39 Å². The average Bonchev–Trinajstić information content (AvgIpc) is 2.77. The first kappa shape index (κ1) is 15.9. The van der Waals surface area contributed by atoms with Gasteiger partial charge < -0.3 is 4.57 Å². The van der Waals surface area contributed by atoms with Gasteiger partial charge >= 0.3 is 0 Å². The van der Waals surface area contributed by atoms with Crippen LogP contribution >= 0.6 is 11.6 Å². The third kappa shape index (κ3) is 3.39. The van der Waals surface area contributed by atoms with Gasteiger partial charge in [0.2, 0.25) is 0 Å². The molecule has 9 heteroatoms. The van der Waals surface area contributed by atoms with Crippen LogP contribution in [-0.4, -0.2) is 23.2 Å². The number of sulfonamides is 1. The van der Waals surface area contributed by atoms with E-state index >= 15 is 0 Å². The van der Waals surface area contributed by atoms with E-state index in [9.17, 15) is 12.8 Å². The van der Waals surface area contributed by atoms with Crippen LogP contribution in [0.3, 0.4) is 0 Å². The smallest absolute Gasteiger partial charge is 0.273 e. The molecule has 114 valence electrons. The minimum absolute atomic E-state index is 0.0357. The Balaban J connectivity index is 2.48. The molecule has 2 aromatic rings. The van der Waals surface area contributed by atoms with Crippen molar-refractivity contribution in [3.63, 3.8) is 0 Å². The van der Waals surface area contributed by atoms with Crippen molar-refractivity contribution in [3.05, 3.63) is 40.4 Å². The predicted molar refractivity (Wildman–Crippen MR) is 75.9 cm³/mol. The molecule has 0 saturated heterocycles. The summed E-state index contributed by atoms with van der Waals surface area (Å²) in [7, 11) is -3.98. The van der Waals surface area contributed by atoms with Crippen LogP contribution in [-0.2, 0) is 23.0 Å². The third-order valence-electron chi connectivity index (χ3n) is 2.89. The molecule has 0 aliphatic heterocycles. The summed E-state index contributed by atoms with van der Waals surface area (Å²) in [6.07, 6.45) is 0.687. The molecule has 1 aromatic heterocycles. The van der Waals surface area contributed by atoms with E-state index in [2.05, 4.69) is 10.2 Å². The molecule has 0 amide bonds. The monoisotopic (exact) mass is 332 g/mol. The Morgan fingerprint density at radius 2 is 2.10 bits per heavy atom. The zero-order chi connectivity index (χ0) is 15.6. The molecule has 0 atom stereocenters. The number of aromatic nitrogens is 3. The van der Waals surface area contributed by atoms with Gasteiger partial charge in [-0.05, 0) is 18.6 Å². The van der Waals surface area contributed by atoms with Crippen molar-refractivity contribution in [2.75, 3.05) is 0 Å². The largest absolute Gasteiger partial charge is 0.300 e. The van der Waals surface area contributed by atoms with Crippen molar-refractivity contribution >= 4 is 21.6 Å². The minimum atomic E-state index is -3.98. The lowest BCUT2D eigenvalue weighted by atomic mass is 10.1. The van der Waals surface area contributed by atoms with Crippen LogP contribution in [0.2, 0.25) is 5.02 Å². The normalized spacial score (nSPS) is 11.8. The number of benzene rings is 1. The van der Waals surface area contributed by atoms with Crippen LogP contribution in [0, 0.1) is 5.82 Å². The Hall–Kier alpha value is -1.51. The van der Waals surface area contributed by atoms with Gasteiger partial charge in [-0.15, -0.1) is 10.2 Å². The quantitative estimate of drug-likeness (QED) is 0.902. The fourth-order valence-corrected chi connectivity index (χ4v) is 2.86. The summed E-state index contributed by atoms with van der Waals surface area (Å²) in [5.74, 6) is -0.182. The molecule has 1 aromatic carbocycles. The first-order valence-corrected chi connectivity index (χ1v) is 8.14. The molecule has 0 saturated carbocycles. The molecule has 1 heterocycles. The molecule has 0 radical (unpaired) electrons. The molecule has 0 bridgehead atoms. The van der Waals surface area contributed by atoms with Crippen LogP contribution in [0.15, 0.2) is 23.4 Å². The van der Waals surface area contributed by atoms with E-state index in [0.29, 0.717) is 18.8 Å². The summed E-state index contributed by atoms with van der Waals surface area (Å²) < 4.78 is 38.1. The van der Waals surface area contributed by atoms with Gasteiger partial charge in [-0.25, -0.2) is 17.9 Å². The van der Waals surface area contributed by atoms with Crippen molar-refractivity contribution in [2.24, 2.45) is 5.14 Å². The van der Waals surface area contributed by atoms with Crippen LogP contribution in [0.1, 0.15) is 24.7 Å². The maximum Gasteiger partial charge on any atom is 0.273 e. The number of rotatable bonds is 5. The molecule has 0 spiro atoms. The molecule has 2 N–H and O–H groups in total. The summed E-state index contributed by atoms with van der Waals surface area (Å²) in [6.45, 7) is 2.23. The lowest BCUT2D eigenvalue weighted by Gasteiger charge is -2.09. The van der Waals surface area contributed by atoms with E-state index < -0.39 is 15.8 Å². The predicted octanol–water partition coefficient (Wildman–Crippen LogP) is 1.72. The topological polar surface area (TPSA) is 90.9 Å². The van der Waals surface area contributed by atoms with Gasteiger partial charge in [-0.2, -0.15) is 0 Å². The Labute approximate surface area is 126 Å². The average molecular weight is 333 g/mol. The maximum absolute atomic E-state index is 13.8. The summed E-state index contributed by atoms with van der Waals surface area (Å²) in [5, 5.41) is 12.4. The highest BCUT2D eigenvalue weighted by atomic mass is 35.5. The molecule has 0 aliphatic carbocycles. The van der Waals surface area contributed by atoms with Crippen LogP contribution in [0.25, 0.3) is 0 Å². The molecule has 2 rings (SSSR count). The van der Waals surface area contributed by atoms with E-state index in [1.165, 1.54) is 16.7 Å². The Morgan fingerprint density at radius 1 is 1.38 bits per heavy atom. The van der Waals surface area contributed by atoms with Gasteiger partial charge in [0.05, 0.1) is 0 Å².